The van der Waals surface area contributed by atoms with Crippen molar-refractivity contribution >= 4 is 28.3 Å². The molecular weight excluding hydrogens is 384 g/mol. The van der Waals surface area contributed by atoms with Crippen LogP contribution in [0.2, 0.25) is 0 Å². The first kappa shape index (κ1) is 21.1. The van der Waals surface area contributed by atoms with Gasteiger partial charge in [0.2, 0.25) is 11.8 Å². The van der Waals surface area contributed by atoms with E-state index in [1.54, 1.807) is 0 Å². The summed E-state index contributed by atoms with van der Waals surface area (Å²) in [6.07, 6.45) is 2.91. The van der Waals surface area contributed by atoms with Crippen molar-refractivity contribution in [3.63, 3.8) is 0 Å². The molecule has 0 aliphatic carbocycles. The summed E-state index contributed by atoms with van der Waals surface area (Å²) in [7, 11) is 0. The van der Waals surface area contributed by atoms with Gasteiger partial charge in [0.05, 0.1) is 12.3 Å². The van der Waals surface area contributed by atoms with Crippen LogP contribution in [0.1, 0.15) is 36.5 Å². The summed E-state index contributed by atoms with van der Waals surface area (Å²) in [5.74, 6) is -0.0554. The molecule has 1 aliphatic rings. The third kappa shape index (κ3) is 4.63. The number of para-hydroxylation sites is 1. The number of amides is 2. The van der Waals surface area contributed by atoms with Crippen LogP contribution in [0.5, 0.6) is 0 Å². The van der Waals surface area contributed by atoms with Crippen LogP contribution < -0.4 is 5.32 Å². The van der Waals surface area contributed by atoms with Crippen molar-refractivity contribution in [2.75, 3.05) is 18.4 Å². The molecule has 1 fully saturated rings. The molecule has 0 radical (unpaired) electrons. The Balaban J connectivity index is 1.44. The Morgan fingerprint density at radius 3 is 2.58 bits per heavy atom. The molecule has 3 aromatic rings. The molecule has 0 spiro atoms. The number of nitrogens with zero attached hydrogens (tertiary/aromatic N) is 1. The predicted molar refractivity (Wildman–Crippen MR) is 126 cm³/mol. The molecule has 0 bridgehead atoms. The van der Waals surface area contributed by atoms with Crippen LogP contribution >= 0.6 is 0 Å². The van der Waals surface area contributed by atoms with Crippen LogP contribution in [-0.4, -0.2) is 29.8 Å². The molecule has 1 heterocycles. The number of carbonyl (C=O) groups is 2. The number of anilines is 1. The van der Waals surface area contributed by atoms with E-state index in [2.05, 4.69) is 36.5 Å². The highest BCUT2D eigenvalue weighted by Gasteiger charge is 2.29. The second-order valence-electron chi connectivity index (χ2n) is 8.45. The lowest BCUT2D eigenvalue weighted by molar-refractivity contribution is -0.133. The lowest BCUT2D eigenvalue weighted by Crippen LogP contribution is -2.44. The molecule has 0 saturated carbocycles. The van der Waals surface area contributed by atoms with E-state index >= 15 is 0 Å². The van der Waals surface area contributed by atoms with Crippen LogP contribution in [-0.2, 0) is 22.4 Å². The highest BCUT2D eigenvalue weighted by molar-refractivity contribution is 5.95. The number of likely N-dealkylation sites (tertiary alicyclic amines) is 1. The fraction of sp³-hybridized carbons (Fsp3) is 0.333. The average molecular weight is 415 g/mol. The number of hydrogen-bond donors (Lipinski definition) is 1. The summed E-state index contributed by atoms with van der Waals surface area (Å²) >= 11 is 0. The highest BCUT2D eigenvalue weighted by Crippen LogP contribution is 2.25. The fourth-order valence-electron chi connectivity index (χ4n) is 4.57. The normalized spacial score (nSPS) is 16.3. The minimum Gasteiger partial charge on any atom is -0.342 e. The number of fused-ring (bicyclic) bond motifs is 1. The van der Waals surface area contributed by atoms with Gasteiger partial charge in [0, 0.05) is 18.8 Å². The van der Waals surface area contributed by atoms with Crippen LogP contribution in [0.3, 0.4) is 0 Å². The van der Waals surface area contributed by atoms with E-state index in [4.69, 9.17) is 0 Å². The van der Waals surface area contributed by atoms with Gasteiger partial charge in [0.1, 0.15) is 0 Å². The van der Waals surface area contributed by atoms with Gasteiger partial charge >= 0.3 is 0 Å². The Kier molecular flexibility index (Phi) is 6.36. The smallest absolute Gasteiger partial charge is 0.229 e. The van der Waals surface area contributed by atoms with E-state index in [1.165, 1.54) is 0 Å². The van der Waals surface area contributed by atoms with Crippen molar-refractivity contribution in [1.82, 2.24) is 4.90 Å². The number of hydrogen-bond acceptors (Lipinski definition) is 2. The zero-order chi connectivity index (χ0) is 21.8. The second kappa shape index (κ2) is 9.34. The minimum absolute atomic E-state index is 0.0201. The second-order valence-corrected chi connectivity index (χ2v) is 8.45. The summed E-state index contributed by atoms with van der Waals surface area (Å²) in [4.78, 5) is 28.0. The quantitative estimate of drug-likeness (QED) is 0.629. The zero-order valence-electron chi connectivity index (χ0n) is 18.4. The molecule has 1 atom stereocenters. The molecule has 1 N–H and O–H groups in total. The van der Waals surface area contributed by atoms with E-state index in [0.29, 0.717) is 13.0 Å². The van der Waals surface area contributed by atoms with E-state index in [1.807, 2.05) is 48.2 Å². The van der Waals surface area contributed by atoms with Crippen molar-refractivity contribution in [2.45, 2.75) is 39.5 Å². The molecule has 4 heteroatoms. The van der Waals surface area contributed by atoms with Crippen molar-refractivity contribution in [1.29, 1.82) is 0 Å². The molecule has 31 heavy (non-hydrogen) atoms. The maximum Gasteiger partial charge on any atom is 0.229 e. The van der Waals surface area contributed by atoms with Gasteiger partial charge in [-0.3, -0.25) is 9.59 Å². The Morgan fingerprint density at radius 1 is 1.00 bits per heavy atom. The summed E-state index contributed by atoms with van der Waals surface area (Å²) < 4.78 is 0. The molecule has 2 amide bonds. The molecular formula is C27H30N2O2. The lowest BCUT2D eigenvalue weighted by Gasteiger charge is -2.32. The fourth-order valence-corrected chi connectivity index (χ4v) is 4.57. The molecule has 4 nitrogen and oxygen atoms in total. The van der Waals surface area contributed by atoms with Crippen LogP contribution in [0.4, 0.5) is 5.69 Å². The highest BCUT2D eigenvalue weighted by atomic mass is 16.2. The topological polar surface area (TPSA) is 49.4 Å². The summed E-state index contributed by atoms with van der Waals surface area (Å²) in [5, 5.41) is 5.42. The SMILES string of the molecule is CCc1cccc(C)c1NC(=O)C1CCCN(C(=O)Cc2cccc3ccccc23)C1. The Bertz CT molecular complexity index is 1100. The molecule has 160 valence electrons. The van der Waals surface area contributed by atoms with Gasteiger partial charge in [0.25, 0.3) is 0 Å². The van der Waals surface area contributed by atoms with Crippen LogP contribution in [0.25, 0.3) is 10.8 Å². The molecule has 4 rings (SSSR count). The zero-order valence-corrected chi connectivity index (χ0v) is 18.4. The van der Waals surface area contributed by atoms with Crippen LogP contribution in [0.15, 0.2) is 60.7 Å². The minimum atomic E-state index is -0.172. The number of rotatable bonds is 5. The van der Waals surface area contributed by atoms with Crippen molar-refractivity contribution in [3.8, 4) is 0 Å². The first-order valence-corrected chi connectivity index (χ1v) is 11.2. The number of piperidine rings is 1. The number of aryl methyl sites for hydroxylation is 2. The first-order valence-electron chi connectivity index (χ1n) is 11.2. The van der Waals surface area contributed by atoms with E-state index in [0.717, 1.165) is 59.0 Å². The average Bonchev–Trinajstić information content (AvgIpc) is 2.80. The molecule has 1 saturated heterocycles. The summed E-state index contributed by atoms with van der Waals surface area (Å²) in [5.41, 5.74) is 4.19. The molecule has 3 aromatic carbocycles. The van der Waals surface area contributed by atoms with Gasteiger partial charge in [-0.25, -0.2) is 0 Å². The van der Waals surface area contributed by atoms with Gasteiger partial charge in [-0.05, 0) is 53.6 Å². The van der Waals surface area contributed by atoms with Gasteiger partial charge in [-0.15, -0.1) is 0 Å². The van der Waals surface area contributed by atoms with Crippen molar-refractivity contribution in [2.24, 2.45) is 5.92 Å². The van der Waals surface area contributed by atoms with Crippen molar-refractivity contribution in [3.05, 3.63) is 77.4 Å². The van der Waals surface area contributed by atoms with Crippen LogP contribution in [0, 0.1) is 12.8 Å². The summed E-state index contributed by atoms with van der Waals surface area (Å²) in [6, 6.07) is 20.4. The predicted octanol–water partition coefficient (Wildman–Crippen LogP) is 5.13. The monoisotopic (exact) mass is 414 g/mol. The third-order valence-electron chi connectivity index (χ3n) is 6.35. The lowest BCUT2D eigenvalue weighted by atomic mass is 9.95. The number of carbonyl (C=O) groups excluding carboxylic acids is 2. The van der Waals surface area contributed by atoms with Gasteiger partial charge < -0.3 is 10.2 Å². The Morgan fingerprint density at radius 2 is 1.74 bits per heavy atom. The van der Waals surface area contributed by atoms with Gasteiger partial charge in [0.15, 0.2) is 0 Å². The largest absolute Gasteiger partial charge is 0.342 e. The molecule has 1 unspecified atom stereocenters. The number of benzene rings is 3. The summed E-state index contributed by atoms with van der Waals surface area (Å²) in [6.45, 7) is 5.33. The third-order valence-corrected chi connectivity index (χ3v) is 6.35. The number of nitrogens with one attached hydrogen (secondary N) is 1. The first-order chi connectivity index (χ1) is 15.1. The standard InChI is InChI=1S/C27H30N2O2/c1-3-20-11-6-9-19(2)26(20)28-27(31)23-14-8-16-29(18-23)25(30)17-22-13-7-12-21-10-4-5-15-24(21)22/h4-7,9-13,15,23H,3,8,14,16-18H2,1-2H3,(H,28,31). The van der Waals surface area contributed by atoms with Gasteiger partial charge in [-0.1, -0.05) is 67.6 Å². The van der Waals surface area contributed by atoms with E-state index in [9.17, 15) is 9.59 Å². The van der Waals surface area contributed by atoms with E-state index < -0.39 is 0 Å². The Labute approximate surface area is 184 Å². The van der Waals surface area contributed by atoms with E-state index in [-0.39, 0.29) is 17.7 Å². The molecule has 0 aromatic heterocycles. The maximum absolute atomic E-state index is 13.1. The maximum atomic E-state index is 13.1. The molecule has 1 aliphatic heterocycles. The van der Waals surface area contributed by atoms with Gasteiger partial charge in [-0.2, -0.15) is 0 Å². The Hall–Kier alpha value is -3.14. The van der Waals surface area contributed by atoms with Crippen molar-refractivity contribution < 1.29 is 9.59 Å².